The summed E-state index contributed by atoms with van der Waals surface area (Å²) in [5.74, 6) is -3.54. The van der Waals surface area contributed by atoms with Gasteiger partial charge in [-0.1, -0.05) is 0 Å². The molecule has 12 N–H and O–H groups in total. The number of rotatable bonds is 3. The molecule has 0 saturated carbocycles. The van der Waals surface area contributed by atoms with Crippen LogP contribution in [0.25, 0.3) is 0 Å². The molecule has 0 amide bonds. The predicted molar refractivity (Wildman–Crippen MR) is 39.3 cm³/mol. The van der Waals surface area contributed by atoms with Gasteiger partial charge in [-0.3, -0.25) is 0 Å². The van der Waals surface area contributed by atoms with Crippen molar-refractivity contribution in [3.8, 4) is 0 Å². The van der Waals surface area contributed by atoms with Crippen LogP contribution in [0.4, 0.5) is 0 Å². The zero-order valence-electron chi connectivity index (χ0n) is 6.76. The Hall–Kier alpha value is -1.22. The van der Waals surface area contributed by atoms with Crippen LogP contribution in [-0.4, -0.2) is 44.6 Å². The lowest BCUT2D eigenvalue weighted by Gasteiger charge is -2.07. The van der Waals surface area contributed by atoms with Gasteiger partial charge in [-0.2, -0.15) is 0 Å². The van der Waals surface area contributed by atoms with E-state index in [9.17, 15) is 9.59 Å². The van der Waals surface area contributed by atoms with E-state index in [1.165, 1.54) is 0 Å². The Balaban J connectivity index is -0.000000405. The maximum Gasteiger partial charge on any atom is 0.335 e. The molecule has 0 aromatic heterocycles. The van der Waals surface area contributed by atoms with Crippen LogP contribution in [0, 0.1) is 0 Å². The smallest absolute Gasteiger partial charge is 0.335 e. The molecule has 0 saturated heterocycles. The second kappa shape index (κ2) is 6.49. The summed E-state index contributed by atoms with van der Waals surface area (Å²) in [7, 11) is 0. The molecule has 8 nitrogen and oxygen atoms in total. The van der Waals surface area contributed by atoms with E-state index in [2.05, 4.69) is 0 Å². The van der Waals surface area contributed by atoms with Gasteiger partial charge in [0.2, 0.25) is 0 Å². The fraction of sp³-hybridized carbons (Fsp3) is 0.500. The molecule has 0 bridgehead atoms. The molecule has 0 aliphatic heterocycles. The highest BCUT2D eigenvalue weighted by molar-refractivity contribution is 5.82. The van der Waals surface area contributed by atoms with Gasteiger partial charge in [0.25, 0.3) is 0 Å². The van der Waals surface area contributed by atoms with Crippen LogP contribution in [-0.2, 0) is 9.59 Å². The summed E-state index contributed by atoms with van der Waals surface area (Å²) in [5.41, 5.74) is 0. The van der Waals surface area contributed by atoms with Crippen LogP contribution in [0.1, 0.15) is 0 Å². The second-order valence-electron chi connectivity index (χ2n) is 1.57. The molecule has 0 aromatic rings. The van der Waals surface area contributed by atoms with Gasteiger partial charge in [0.1, 0.15) is 0 Å². The summed E-state index contributed by atoms with van der Waals surface area (Å²) in [6, 6.07) is 0. The number of hydrogen-bond donors (Lipinski definition) is 6. The zero-order chi connectivity index (χ0) is 8.31. The quantitative estimate of drug-likeness (QED) is 0.315. The lowest BCUT2D eigenvalue weighted by Crippen LogP contribution is -2.39. The minimum atomic E-state index is -2.27. The number of quaternary nitrogens is 2. The zero-order valence-corrected chi connectivity index (χ0v) is 6.76. The van der Waals surface area contributed by atoms with Crippen LogP contribution < -0.4 is 12.3 Å². The van der Waals surface area contributed by atoms with Crippen molar-refractivity contribution in [2.45, 2.75) is 12.2 Å². The average molecular weight is 186 g/mol. The first-order chi connectivity index (χ1) is 4.46. The van der Waals surface area contributed by atoms with Gasteiger partial charge in [-0.15, -0.1) is 0 Å². The van der Waals surface area contributed by atoms with Crippen LogP contribution >= 0.6 is 0 Å². The maximum atomic E-state index is 9.77. The number of carboxylic acid groups (broad SMARTS) is 2. The molecule has 0 unspecified atom stereocenters. The highest BCUT2D eigenvalue weighted by Crippen LogP contribution is 1.92. The van der Waals surface area contributed by atoms with Crippen molar-refractivity contribution in [2.24, 2.45) is 0 Å². The van der Waals surface area contributed by atoms with Crippen molar-refractivity contribution in [3.63, 3.8) is 0 Å². The molecule has 0 spiro atoms. The van der Waals surface area contributed by atoms with E-state index < -0.39 is 24.1 Å². The minimum Gasteiger partial charge on any atom is -0.479 e. The summed E-state index contributed by atoms with van der Waals surface area (Å²) in [5, 5.41) is 32.5. The highest BCUT2D eigenvalue weighted by Gasteiger charge is 2.29. The first kappa shape index (κ1) is 17.0. The standard InChI is InChI=1S/C4H6O6.2H3N/c5-1(3(7)8)2(6)4(9)10;;/h1-2,5-6H,(H,7,8)(H,9,10);2*1H3/p+2/t1-,2-;;/m1../s1. The number of carboxylic acids is 2. The Morgan fingerprint density at radius 2 is 1.00 bits per heavy atom. The van der Waals surface area contributed by atoms with E-state index in [1.54, 1.807) is 0 Å². The Bertz CT molecular complexity index is 142. The Morgan fingerprint density at radius 3 is 1.08 bits per heavy atom. The van der Waals surface area contributed by atoms with E-state index in [1.807, 2.05) is 0 Å². The third-order valence-corrected chi connectivity index (χ3v) is 0.805. The van der Waals surface area contributed by atoms with Crippen molar-refractivity contribution in [1.82, 2.24) is 12.3 Å². The van der Waals surface area contributed by atoms with Crippen LogP contribution in [0.2, 0.25) is 0 Å². The van der Waals surface area contributed by atoms with E-state index in [0.29, 0.717) is 0 Å². The molecule has 8 heteroatoms. The van der Waals surface area contributed by atoms with Gasteiger partial charge in [0.05, 0.1) is 0 Å². The highest BCUT2D eigenvalue weighted by atomic mass is 16.4. The summed E-state index contributed by atoms with van der Waals surface area (Å²) >= 11 is 0. The van der Waals surface area contributed by atoms with E-state index in [0.717, 1.165) is 0 Å². The number of aliphatic hydroxyl groups excluding tert-OH is 2. The molecule has 0 radical (unpaired) electrons. The average Bonchev–Trinajstić information content (AvgIpc) is 1.84. The predicted octanol–water partition coefficient (Wildman–Crippen LogP) is -1.37. The van der Waals surface area contributed by atoms with Crippen molar-refractivity contribution in [3.05, 3.63) is 0 Å². The summed E-state index contributed by atoms with van der Waals surface area (Å²) < 4.78 is 0. The Morgan fingerprint density at radius 1 is 0.833 bits per heavy atom. The van der Waals surface area contributed by atoms with Gasteiger partial charge >= 0.3 is 11.9 Å². The largest absolute Gasteiger partial charge is 0.479 e. The van der Waals surface area contributed by atoms with Gasteiger partial charge < -0.3 is 32.7 Å². The third kappa shape index (κ3) is 4.57. The van der Waals surface area contributed by atoms with Crippen molar-refractivity contribution >= 4 is 11.9 Å². The summed E-state index contributed by atoms with van der Waals surface area (Å²) in [6.45, 7) is 0. The second-order valence-corrected chi connectivity index (χ2v) is 1.57. The molecule has 0 heterocycles. The van der Waals surface area contributed by atoms with Gasteiger partial charge in [0.15, 0.2) is 12.2 Å². The lowest BCUT2D eigenvalue weighted by atomic mass is 10.2. The number of aliphatic carboxylic acids is 2. The first-order valence-corrected chi connectivity index (χ1v) is 2.28. The molecule has 0 aliphatic rings. The Kier molecular flexibility index (Phi) is 9.21. The van der Waals surface area contributed by atoms with Crippen molar-refractivity contribution in [1.29, 1.82) is 0 Å². The lowest BCUT2D eigenvalue weighted by molar-refractivity contribution is -0.165. The number of carbonyl (C=O) groups is 2. The molecule has 2 atom stereocenters. The molecule has 0 aliphatic carbocycles. The molecular weight excluding hydrogens is 172 g/mol. The molecular formula is C4H14N2O6+2. The van der Waals surface area contributed by atoms with Crippen molar-refractivity contribution < 1.29 is 30.0 Å². The Labute approximate surface area is 67.6 Å². The minimum absolute atomic E-state index is 0. The van der Waals surface area contributed by atoms with Gasteiger partial charge in [0, 0.05) is 0 Å². The monoisotopic (exact) mass is 186 g/mol. The maximum absolute atomic E-state index is 9.77. The molecule has 12 heavy (non-hydrogen) atoms. The molecule has 0 rings (SSSR count). The normalized spacial score (nSPS) is 13.2. The van der Waals surface area contributed by atoms with Crippen LogP contribution in [0.15, 0.2) is 0 Å². The van der Waals surface area contributed by atoms with E-state index >= 15 is 0 Å². The van der Waals surface area contributed by atoms with Crippen molar-refractivity contribution in [2.75, 3.05) is 0 Å². The SMILES string of the molecule is O=C(O)[C@H](O)[C@@H](O)C(=O)O.[NH4+].[NH4+]. The van der Waals surface area contributed by atoms with Gasteiger partial charge in [-0.25, -0.2) is 9.59 Å². The van der Waals surface area contributed by atoms with E-state index in [4.69, 9.17) is 20.4 Å². The van der Waals surface area contributed by atoms with E-state index in [-0.39, 0.29) is 12.3 Å². The topological polar surface area (TPSA) is 188 Å². The molecule has 0 fully saturated rings. The first-order valence-electron chi connectivity index (χ1n) is 2.28. The molecule has 0 aromatic carbocycles. The number of hydrogen-bond acceptors (Lipinski definition) is 4. The van der Waals surface area contributed by atoms with Crippen LogP contribution in [0.5, 0.6) is 0 Å². The fourth-order valence-electron chi connectivity index (χ4n) is 0.270. The fourth-order valence-corrected chi connectivity index (χ4v) is 0.270. The molecule has 74 valence electrons. The van der Waals surface area contributed by atoms with Crippen LogP contribution in [0.3, 0.4) is 0 Å². The number of aliphatic hydroxyl groups is 2. The third-order valence-electron chi connectivity index (χ3n) is 0.805. The van der Waals surface area contributed by atoms with Gasteiger partial charge in [-0.05, 0) is 0 Å². The summed E-state index contributed by atoms with van der Waals surface area (Å²) in [6.07, 6.45) is -4.53. The summed E-state index contributed by atoms with van der Waals surface area (Å²) in [4.78, 5) is 19.5.